The Morgan fingerprint density at radius 2 is 1.16 bits per heavy atom. The number of amides is 3. The first-order chi connectivity index (χ1) is 42.6. The summed E-state index contributed by atoms with van der Waals surface area (Å²) < 4.78 is 21.9. The molecule has 0 saturated heterocycles. The number of amidine groups is 1. The van der Waals surface area contributed by atoms with Crippen molar-refractivity contribution in [1.29, 1.82) is 5.41 Å². The number of nitrogens with zero attached hydrogens (tertiary/aromatic N) is 1. The van der Waals surface area contributed by atoms with Crippen molar-refractivity contribution in [2.24, 2.45) is 23.3 Å². The SMILES string of the molecule is C=C(CCCCCCCCCCCCCC(=O)O)N[C@@H](CCC(=O)NCCOCCOCC(=O)CCCOCCOCC(=O)NCCCC[C@H](NCC(=O)CC(C)C)C(=O)CN(C)[C@@H](CCCCC(=N)N)C(=O)C[C@@H](Cc1ccc(O)cc1)C(N)=O)C(=O)O. The Kier molecular flexibility index (Phi) is 46.8. The summed E-state index contributed by atoms with van der Waals surface area (Å²) in [7, 11) is 1.67. The maximum atomic E-state index is 14.0. The predicted molar refractivity (Wildman–Crippen MR) is 340 cm³/mol. The average molecular weight is 1260 g/mol. The number of Topliss-reactive ketones (excluding diaryl/α,β-unsaturated/α-hetero) is 4. The molecule has 0 aliphatic carbocycles. The van der Waals surface area contributed by atoms with E-state index in [0.29, 0.717) is 83.1 Å². The van der Waals surface area contributed by atoms with Crippen LogP contribution in [-0.2, 0) is 68.5 Å². The highest BCUT2D eigenvalue weighted by Crippen LogP contribution is 2.21. The molecule has 0 radical (unpaired) electrons. The van der Waals surface area contributed by atoms with E-state index in [0.717, 1.165) is 56.9 Å². The molecule has 0 unspecified atom stereocenters. The van der Waals surface area contributed by atoms with Crippen LogP contribution < -0.4 is 32.7 Å². The number of carboxylic acids is 2. The highest BCUT2D eigenvalue weighted by Gasteiger charge is 2.31. The van der Waals surface area contributed by atoms with Crippen molar-refractivity contribution >= 4 is 58.6 Å². The number of aliphatic carboxylic acids is 2. The van der Waals surface area contributed by atoms with Gasteiger partial charge < -0.3 is 67.0 Å². The van der Waals surface area contributed by atoms with Gasteiger partial charge in [-0.3, -0.25) is 48.7 Å². The summed E-state index contributed by atoms with van der Waals surface area (Å²) >= 11 is 0. The minimum Gasteiger partial charge on any atom is -0.508 e. The number of hydrogen-bond acceptors (Lipinski definition) is 18. The summed E-state index contributed by atoms with van der Waals surface area (Å²) in [5, 5.41) is 47.3. The molecule has 1 aromatic carbocycles. The van der Waals surface area contributed by atoms with Crippen LogP contribution in [0.4, 0.5) is 0 Å². The van der Waals surface area contributed by atoms with Crippen molar-refractivity contribution in [1.82, 2.24) is 26.2 Å². The Morgan fingerprint density at radius 1 is 0.584 bits per heavy atom. The van der Waals surface area contributed by atoms with Gasteiger partial charge in [0.25, 0.3) is 0 Å². The van der Waals surface area contributed by atoms with Gasteiger partial charge in [-0.2, -0.15) is 0 Å². The van der Waals surface area contributed by atoms with Crippen LogP contribution in [0.1, 0.15) is 186 Å². The molecule has 4 atom stereocenters. The number of carbonyl (C=O) groups is 9. The normalized spacial score (nSPS) is 12.7. The van der Waals surface area contributed by atoms with E-state index in [1.165, 1.54) is 31.4 Å². The molecule has 0 heterocycles. The highest BCUT2D eigenvalue weighted by atomic mass is 16.5. The van der Waals surface area contributed by atoms with Crippen LogP contribution in [-0.4, -0.2) is 183 Å². The third kappa shape index (κ3) is 45.7. The van der Waals surface area contributed by atoms with Crippen molar-refractivity contribution < 1.29 is 77.4 Å². The molecule has 89 heavy (non-hydrogen) atoms. The van der Waals surface area contributed by atoms with Gasteiger partial charge in [-0.05, 0) is 101 Å². The fourth-order valence-corrected chi connectivity index (χ4v) is 9.85. The summed E-state index contributed by atoms with van der Waals surface area (Å²) in [6, 6.07) is 3.92. The fourth-order valence-electron chi connectivity index (χ4n) is 9.85. The van der Waals surface area contributed by atoms with E-state index in [4.69, 9.17) is 40.9 Å². The zero-order valence-corrected chi connectivity index (χ0v) is 53.7. The van der Waals surface area contributed by atoms with Crippen LogP contribution in [0.2, 0.25) is 0 Å². The molecule has 0 saturated carbocycles. The van der Waals surface area contributed by atoms with Crippen molar-refractivity contribution in [3.8, 4) is 5.75 Å². The smallest absolute Gasteiger partial charge is 0.326 e. The number of primary amides is 1. The van der Waals surface area contributed by atoms with Gasteiger partial charge in [0, 0.05) is 69.8 Å². The number of ether oxygens (including phenoxy) is 4. The van der Waals surface area contributed by atoms with Crippen LogP contribution in [0, 0.1) is 17.2 Å². The molecule has 0 bridgehead atoms. The Balaban J connectivity index is 2.29. The van der Waals surface area contributed by atoms with E-state index < -0.39 is 41.9 Å². The number of unbranched alkanes of at least 4 members (excludes halogenated alkanes) is 12. The maximum absolute atomic E-state index is 14.0. The van der Waals surface area contributed by atoms with E-state index in [-0.39, 0.29) is 157 Å². The summed E-state index contributed by atoms with van der Waals surface area (Å²) in [5.74, 6) is -4.27. The molecule has 1 rings (SSSR count). The molecule has 0 aromatic heterocycles. The van der Waals surface area contributed by atoms with Crippen LogP contribution in [0.5, 0.6) is 5.75 Å². The Labute approximate surface area is 528 Å². The van der Waals surface area contributed by atoms with Gasteiger partial charge >= 0.3 is 11.9 Å². The minimum absolute atomic E-state index is 0.00749. The number of phenols is 1. The lowest BCUT2D eigenvalue weighted by Crippen LogP contribution is -2.48. The molecular formula is C65H110N8O16. The molecule has 0 aliphatic rings. The number of allylic oxidation sites excluding steroid dienone is 1. The molecule has 3 amide bonds. The van der Waals surface area contributed by atoms with E-state index in [1.807, 2.05) is 13.8 Å². The van der Waals surface area contributed by atoms with Crippen molar-refractivity contribution in [3.05, 3.63) is 42.1 Å². The first kappa shape index (κ1) is 80.8. The number of aromatic hydroxyl groups is 1. The molecule has 1 aromatic rings. The minimum atomic E-state index is -1.05. The molecule has 0 spiro atoms. The third-order valence-electron chi connectivity index (χ3n) is 14.8. The van der Waals surface area contributed by atoms with Gasteiger partial charge in [0.1, 0.15) is 30.8 Å². The van der Waals surface area contributed by atoms with E-state index >= 15 is 0 Å². The van der Waals surface area contributed by atoms with Gasteiger partial charge in [0.2, 0.25) is 17.7 Å². The molecule has 0 fully saturated rings. The standard InChI is InChI=1S/C65H110N8O16/c1-48(2)41-54(76)44-71-55(59(78)45-73(4)57(24-16-17-25-60(66)67)58(77)43-51(64(68)83)42-50-27-29-52(74)30-28-50)23-18-19-33-69-62(80)47-89-40-37-86-35-20-22-53(75)46-88-39-38-87-36-34-70-61(79)32-31-56(65(84)85)72-49(3)21-14-12-10-8-6-5-7-9-11-13-15-26-63(81)82/h27-30,48,51,55-57,71-72,74H,3,5-26,31-47H2,1-2,4H3,(H3,66,67)(H2,68,83)(H,69,80)(H,70,79)(H,81,82)(H,84,85)/t51-,55+,56+,57+/m1/s1. The van der Waals surface area contributed by atoms with Crippen molar-refractivity contribution in [2.75, 3.05) is 86.1 Å². The number of carbonyl (C=O) groups excluding carboxylic acids is 7. The van der Waals surface area contributed by atoms with Crippen molar-refractivity contribution in [3.63, 3.8) is 0 Å². The van der Waals surface area contributed by atoms with Crippen LogP contribution in [0.3, 0.4) is 0 Å². The zero-order valence-electron chi connectivity index (χ0n) is 53.7. The third-order valence-corrected chi connectivity index (χ3v) is 14.8. The monoisotopic (exact) mass is 1260 g/mol. The molecule has 12 N–H and O–H groups in total. The number of hydrogen-bond donors (Lipinski definition) is 10. The van der Waals surface area contributed by atoms with E-state index in [2.05, 4.69) is 27.8 Å². The Morgan fingerprint density at radius 3 is 1.76 bits per heavy atom. The zero-order chi connectivity index (χ0) is 66.0. The molecule has 506 valence electrons. The highest BCUT2D eigenvalue weighted by molar-refractivity contribution is 5.91. The molecule has 24 heteroatoms. The van der Waals surface area contributed by atoms with E-state index in [9.17, 15) is 53.4 Å². The van der Waals surface area contributed by atoms with Crippen LogP contribution in [0.25, 0.3) is 0 Å². The maximum Gasteiger partial charge on any atom is 0.326 e. The Hall–Kier alpha value is -6.18. The first-order valence-corrected chi connectivity index (χ1v) is 32.2. The first-order valence-electron chi connectivity index (χ1n) is 32.2. The van der Waals surface area contributed by atoms with Gasteiger partial charge in [-0.25, -0.2) is 4.79 Å². The summed E-state index contributed by atoms with van der Waals surface area (Å²) in [6.07, 6.45) is 17.0. The molecule has 0 aliphatic heterocycles. The van der Waals surface area contributed by atoms with Crippen molar-refractivity contribution in [2.45, 2.75) is 205 Å². The number of carboxylic acid groups (broad SMARTS) is 2. The molecule has 24 nitrogen and oxygen atoms in total. The topological polar surface area (TPSA) is 378 Å². The lowest BCUT2D eigenvalue weighted by molar-refractivity contribution is -0.140. The lowest BCUT2D eigenvalue weighted by Gasteiger charge is -2.29. The second-order valence-corrected chi connectivity index (χ2v) is 23.5. The number of ketones is 4. The summed E-state index contributed by atoms with van der Waals surface area (Å²) in [6.45, 7) is 9.32. The number of phenolic OH excluding ortho intramolecular Hbond substituents is 1. The van der Waals surface area contributed by atoms with Crippen LogP contribution >= 0.6 is 0 Å². The van der Waals surface area contributed by atoms with Gasteiger partial charge in [0.05, 0.1) is 64.0 Å². The lowest BCUT2D eigenvalue weighted by atomic mass is 9.89. The second kappa shape index (κ2) is 51.6. The number of likely N-dealkylation sites (N-methyl/N-ethyl adjacent to an activating group) is 1. The second-order valence-electron chi connectivity index (χ2n) is 23.5. The average Bonchev–Trinajstić information content (AvgIpc) is 3.44. The van der Waals surface area contributed by atoms with Crippen LogP contribution in [0.15, 0.2) is 36.5 Å². The number of nitrogens with one attached hydrogen (secondary N) is 5. The van der Waals surface area contributed by atoms with Gasteiger partial charge in [-0.1, -0.05) is 96.8 Å². The number of nitrogens with two attached hydrogens (primary N) is 2. The quantitative estimate of drug-likeness (QED) is 0.0196. The van der Waals surface area contributed by atoms with Gasteiger partial charge in [0.15, 0.2) is 17.3 Å². The fraction of sp³-hybridized carbons (Fsp3) is 0.723. The summed E-state index contributed by atoms with van der Waals surface area (Å²) in [4.78, 5) is 114. The van der Waals surface area contributed by atoms with E-state index in [1.54, 1.807) is 24.1 Å². The predicted octanol–water partition coefficient (Wildman–Crippen LogP) is 6.25. The largest absolute Gasteiger partial charge is 0.508 e. The Bertz CT molecular complexity index is 2230. The summed E-state index contributed by atoms with van der Waals surface area (Å²) in [5.41, 5.74) is 12.7. The number of rotatable bonds is 62. The van der Waals surface area contributed by atoms with Gasteiger partial charge in [-0.15, -0.1) is 0 Å². The molecular weight excluding hydrogens is 1150 g/mol. The number of benzene rings is 1.